The number of rotatable bonds is 3. The molecule has 0 aromatic heterocycles. The van der Waals surface area contributed by atoms with E-state index in [4.69, 9.17) is 4.74 Å². The molecule has 0 bridgehead atoms. The number of aromatic hydroxyl groups is 1. The lowest BCUT2D eigenvalue weighted by Gasteiger charge is -2.10. The maximum Gasteiger partial charge on any atom is 0.123 e. The van der Waals surface area contributed by atoms with Crippen molar-refractivity contribution in [2.75, 3.05) is 0 Å². The summed E-state index contributed by atoms with van der Waals surface area (Å²) in [4.78, 5) is 0. The summed E-state index contributed by atoms with van der Waals surface area (Å²) in [5.74, 6) is 1.14. The van der Waals surface area contributed by atoms with Gasteiger partial charge in [0.15, 0.2) is 0 Å². The highest BCUT2D eigenvalue weighted by Crippen LogP contribution is 2.29. The lowest BCUT2D eigenvalue weighted by atomic mass is 10.0. The van der Waals surface area contributed by atoms with E-state index in [1.807, 2.05) is 56.3 Å². The van der Waals surface area contributed by atoms with Crippen LogP contribution in [0.4, 0.5) is 0 Å². The summed E-state index contributed by atoms with van der Waals surface area (Å²) < 4.78 is 5.57. The third-order valence-electron chi connectivity index (χ3n) is 2.44. The predicted octanol–water partition coefficient (Wildman–Crippen LogP) is 3.85. The number of hydrogen-bond acceptors (Lipinski definition) is 2. The van der Waals surface area contributed by atoms with E-state index in [1.165, 1.54) is 0 Å². The number of benzene rings is 2. The average Bonchev–Trinajstić information content (AvgIpc) is 2.30. The normalized spacial score (nSPS) is 10.5. The summed E-state index contributed by atoms with van der Waals surface area (Å²) in [6.07, 6.45) is 0.172. The highest BCUT2D eigenvalue weighted by molar-refractivity contribution is 5.70. The number of ether oxygens (including phenoxy) is 1. The minimum Gasteiger partial charge on any atom is -0.507 e. The molecule has 17 heavy (non-hydrogen) atoms. The fourth-order valence-corrected chi connectivity index (χ4v) is 1.70. The van der Waals surface area contributed by atoms with E-state index in [0.717, 1.165) is 16.9 Å². The Hall–Kier alpha value is -1.96. The van der Waals surface area contributed by atoms with Crippen LogP contribution < -0.4 is 4.74 Å². The molecule has 0 radical (unpaired) electrons. The van der Waals surface area contributed by atoms with Crippen molar-refractivity contribution in [1.82, 2.24) is 0 Å². The molecule has 2 nitrogen and oxygen atoms in total. The fourth-order valence-electron chi connectivity index (χ4n) is 1.70. The lowest BCUT2D eigenvalue weighted by Crippen LogP contribution is -2.05. The molecule has 2 aromatic rings. The molecule has 0 fully saturated rings. The molecule has 2 aromatic carbocycles. The van der Waals surface area contributed by atoms with Crippen LogP contribution >= 0.6 is 0 Å². The van der Waals surface area contributed by atoms with Crippen molar-refractivity contribution in [2.45, 2.75) is 20.0 Å². The summed E-state index contributed by atoms with van der Waals surface area (Å²) in [6.45, 7) is 3.99. The van der Waals surface area contributed by atoms with Gasteiger partial charge in [0.1, 0.15) is 11.5 Å². The molecular weight excluding hydrogens is 212 g/mol. The largest absolute Gasteiger partial charge is 0.507 e. The van der Waals surface area contributed by atoms with Gasteiger partial charge in [0, 0.05) is 5.56 Å². The molecular formula is C15H16O2. The van der Waals surface area contributed by atoms with Crippen LogP contribution in [-0.2, 0) is 0 Å². The molecule has 0 aliphatic heterocycles. The number of para-hydroxylation sites is 1. The first-order valence-electron chi connectivity index (χ1n) is 5.72. The molecule has 0 heterocycles. The van der Waals surface area contributed by atoms with Crippen molar-refractivity contribution in [3.05, 3.63) is 48.5 Å². The van der Waals surface area contributed by atoms with E-state index in [0.29, 0.717) is 5.75 Å². The van der Waals surface area contributed by atoms with Gasteiger partial charge in [-0.1, -0.05) is 30.3 Å². The molecule has 0 atom stereocenters. The highest BCUT2D eigenvalue weighted by atomic mass is 16.5. The van der Waals surface area contributed by atoms with Crippen molar-refractivity contribution >= 4 is 0 Å². The second-order valence-electron chi connectivity index (χ2n) is 4.21. The van der Waals surface area contributed by atoms with Crippen molar-refractivity contribution in [2.24, 2.45) is 0 Å². The van der Waals surface area contributed by atoms with Gasteiger partial charge >= 0.3 is 0 Å². The Labute approximate surface area is 101 Å². The smallest absolute Gasteiger partial charge is 0.123 e. The van der Waals surface area contributed by atoms with Gasteiger partial charge < -0.3 is 9.84 Å². The van der Waals surface area contributed by atoms with Crippen LogP contribution in [0, 0.1) is 0 Å². The standard InChI is InChI=1S/C15H16O2/c1-11(2)17-13-9-7-12(8-10-13)14-5-3-4-6-15(14)16/h3-11,16H,1-2H3. The van der Waals surface area contributed by atoms with Gasteiger partial charge in [0.25, 0.3) is 0 Å². The van der Waals surface area contributed by atoms with Crippen LogP contribution in [0.3, 0.4) is 0 Å². The Balaban J connectivity index is 2.27. The van der Waals surface area contributed by atoms with Crippen LogP contribution in [0.1, 0.15) is 13.8 Å². The zero-order valence-electron chi connectivity index (χ0n) is 10.1. The van der Waals surface area contributed by atoms with Crippen molar-refractivity contribution in [1.29, 1.82) is 0 Å². The number of phenols is 1. The maximum atomic E-state index is 9.75. The number of hydrogen-bond donors (Lipinski definition) is 1. The second-order valence-corrected chi connectivity index (χ2v) is 4.21. The van der Waals surface area contributed by atoms with Crippen LogP contribution in [0.2, 0.25) is 0 Å². The lowest BCUT2D eigenvalue weighted by molar-refractivity contribution is 0.242. The van der Waals surface area contributed by atoms with Crippen molar-refractivity contribution in [3.8, 4) is 22.6 Å². The molecule has 0 aliphatic carbocycles. The fraction of sp³-hybridized carbons (Fsp3) is 0.200. The van der Waals surface area contributed by atoms with E-state index < -0.39 is 0 Å². The molecule has 0 saturated carbocycles. The third kappa shape index (κ3) is 2.78. The highest BCUT2D eigenvalue weighted by Gasteiger charge is 2.03. The SMILES string of the molecule is CC(C)Oc1ccc(-c2ccccc2O)cc1. The first kappa shape index (κ1) is 11.5. The molecule has 1 N–H and O–H groups in total. The quantitative estimate of drug-likeness (QED) is 0.864. The predicted molar refractivity (Wildman–Crippen MR) is 69.3 cm³/mol. The first-order valence-corrected chi connectivity index (χ1v) is 5.72. The van der Waals surface area contributed by atoms with Gasteiger partial charge in [-0.25, -0.2) is 0 Å². The molecule has 2 rings (SSSR count). The van der Waals surface area contributed by atoms with Gasteiger partial charge in [0.2, 0.25) is 0 Å². The van der Waals surface area contributed by atoms with Crippen LogP contribution in [-0.4, -0.2) is 11.2 Å². The first-order chi connectivity index (χ1) is 8.16. The van der Waals surface area contributed by atoms with Gasteiger partial charge in [-0.15, -0.1) is 0 Å². The monoisotopic (exact) mass is 228 g/mol. The zero-order chi connectivity index (χ0) is 12.3. The minimum absolute atomic E-state index is 0.172. The maximum absolute atomic E-state index is 9.75. The van der Waals surface area contributed by atoms with Crippen LogP contribution in [0.15, 0.2) is 48.5 Å². The molecule has 2 heteroatoms. The molecule has 0 unspecified atom stereocenters. The summed E-state index contributed by atoms with van der Waals surface area (Å²) in [5.41, 5.74) is 1.82. The summed E-state index contributed by atoms with van der Waals surface area (Å²) in [7, 11) is 0. The molecule has 0 spiro atoms. The van der Waals surface area contributed by atoms with Gasteiger partial charge in [0.05, 0.1) is 6.10 Å². The molecule has 0 amide bonds. The summed E-state index contributed by atoms with van der Waals surface area (Å²) >= 11 is 0. The molecule has 88 valence electrons. The molecule has 0 aliphatic rings. The van der Waals surface area contributed by atoms with Crippen molar-refractivity contribution in [3.63, 3.8) is 0 Å². The summed E-state index contributed by atoms with van der Waals surface area (Å²) in [6, 6.07) is 15.0. The van der Waals surface area contributed by atoms with Gasteiger partial charge in [-0.2, -0.15) is 0 Å². The van der Waals surface area contributed by atoms with E-state index >= 15 is 0 Å². The van der Waals surface area contributed by atoms with E-state index in [-0.39, 0.29) is 6.10 Å². The topological polar surface area (TPSA) is 29.5 Å². The Morgan fingerprint density at radius 3 is 2.18 bits per heavy atom. The van der Waals surface area contributed by atoms with Crippen molar-refractivity contribution < 1.29 is 9.84 Å². The minimum atomic E-state index is 0.172. The van der Waals surface area contributed by atoms with Gasteiger partial charge in [-0.3, -0.25) is 0 Å². The van der Waals surface area contributed by atoms with E-state index in [2.05, 4.69) is 0 Å². The Morgan fingerprint density at radius 1 is 0.941 bits per heavy atom. The van der Waals surface area contributed by atoms with E-state index in [9.17, 15) is 5.11 Å². The Morgan fingerprint density at radius 2 is 1.59 bits per heavy atom. The Kier molecular flexibility index (Phi) is 3.33. The average molecular weight is 228 g/mol. The number of phenolic OH excluding ortho intramolecular Hbond substituents is 1. The second kappa shape index (κ2) is 4.91. The Bertz CT molecular complexity index is 487. The van der Waals surface area contributed by atoms with Crippen LogP contribution in [0.5, 0.6) is 11.5 Å². The third-order valence-corrected chi connectivity index (χ3v) is 2.44. The van der Waals surface area contributed by atoms with E-state index in [1.54, 1.807) is 6.07 Å². The van der Waals surface area contributed by atoms with Crippen LogP contribution in [0.25, 0.3) is 11.1 Å². The molecule has 0 saturated heterocycles. The zero-order valence-corrected chi connectivity index (χ0v) is 10.1. The summed E-state index contributed by atoms with van der Waals surface area (Å²) in [5, 5.41) is 9.75. The van der Waals surface area contributed by atoms with Gasteiger partial charge in [-0.05, 0) is 37.6 Å².